The van der Waals surface area contributed by atoms with Crippen LogP contribution in [0, 0.1) is 29.6 Å². The number of halogens is 2. The molecule has 4 aromatic heterocycles. The Kier molecular flexibility index (Phi) is 13.8. The monoisotopic (exact) mass is 898 g/mol. The zero-order valence-electron chi connectivity index (χ0n) is 36.5. The molecule has 6 heterocycles. The number of rotatable bonds is 9. The summed E-state index contributed by atoms with van der Waals surface area (Å²) in [5.41, 5.74) is 4.55. The second-order valence-corrected chi connectivity index (χ2v) is 18.6. The van der Waals surface area contributed by atoms with E-state index in [1.165, 1.54) is 0 Å². The molecule has 2 atom stereocenters. The molecule has 2 aliphatic heterocycles. The Labute approximate surface area is 376 Å². The van der Waals surface area contributed by atoms with Crippen LogP contribution in [0.1, 0.15) is 82.4 Å². The summed E-state index contributed by atoms with van der Waals surface area (Å²) in [5.74, 6) is 0.988. The van der Waals surface area contributed by atoms with Gasteiger partial charge in [-0.1, -0.05) is 50.9 Å². The molecule has 2 aromatic carbocycles. The van der Waals surface area contributed by atoms with E-state index in [0.717, 1.165) is 64.3 Å². The van der Waals surface area contributed by atoms with Gasteiger partial charge in [0.1, 0.15) is 0 Å². The Morgan fingerprint density at radius 1 is 0.698 bits per heavy atom. The van der Waals surface area contributed by atoms with E-state index in [4.69, 9.17) is 27.9 Å². The number of aromatic amines is 2. The largest absolute Gasteiger partial charge is 0.481 e. The fraction of sp³-hybridized carbons (Fsp3) is 0.435. The molecule has 17 heteroatoms. The highest BCUT2D eigenvalue weighted by Gasteiger charge is 2.42. The molecular formula is C46H56Cl2N10O5. The summed E-state index contributed by atoms with van der Waals surface area (Å²) in [6, 6.07) is 14.2. The summed E-state index contributed by atoms with van der Waals surface area (Å²) >= 11 is 12.6. The van der Waals surface area contributed by atoms with Crippen molar-refractivity contribution in [3.05, 3.63) is 100 Å². The van der Waals surface area contributed by atoms with Gasteiger partial charge in [0.2, 0.25) is 5.88 Å². The van der Waals surface area contributed by atoms with Gasteiger partial charge in [-0.25, -0.2) is 14.6 Å². The number of aromatic nitrogens is 6. The van der Waals surface area contributed by atoms with E-state index in [2.05, 4.69) is 68.7 Å². The van der Waals surface area contributed by atoms with Crippen LogP contribution in [-0.2, 0) is 0 Å². The lowest BCUT2D eigenvalue weighted by atomic mass is 9.68. The second kappa shape index (κ2) is 19.1. The van der Waals surface area contributed by atoms with E-state index in [-0.39, 0.29) is 23.9 Å². The first kappa shape index (κ1) is 45.5. The number of nitrogens with one attached hydrogen (secondary N) is 4. The van der Waals surface area contributed by atoms with E-state index in [9.17, 15) is 19.8 Å². The lowest BCUT2D eigenvalue weighted by Crippen LogP contribution is -2.45. The quantitative estimate of drug-likeness (QED) is 0.0819. The van der Waals surface area contributed by atoms with Crippen molar-refractivity contribution in [3.8, 4) is 5.88 Å². The average molecular weight is 900 g/mol. The van der Waals surface area contributed by atoms with E-state index >= 15 is 0 Å². The first-order valence-corrected chi connectivity index (χ1v) is 22.0. The van der Waals surface area contributed by atoms with E-state index in [0.29, 0.717) is 53.5 Å². The van der Waals surface area contributed by atoms with Crippen LogP contribution in [0.4, 0.5) is 21.0 Å². The van der Waals surface area contributed by atoms with Crippen molar-refractivity contribution in [3.63, 3.8) is 0 Å². The van der Waals surface area contributed by atoms with Gasteiger partial charge < -0.3 is 35.4 Å². The maximum atomic E-state index is 12.7. The smallest absolute Gasteiger partial charge is 0.321 e. The van der Waals surface area contributed by atoms with Gasteiger partial charge in [-0.3, -0.25) is 15.2 Å². The fourth-order valence-electron chi connectivity index (χ4n) is 8.95. The number of hydrogen-bond donors (Lipinski definition) is 6. The van der Waals surface area contributed by atoms with Crippen LogP contribution in [-0.4, -0.2) is 95.7 Å². The van der Waals surface area contributed by atoms with Crippen LogP contribution in [0.3, 0.4) is 0 Å². The molecule has 63 heavy (non-hydrogen) atoms. The number of methoxy groups -OCH3 is 1. The summed E-state index contributed by atoms with van der Waals surface area (Å²) in [6.45, 7) is 12.7. The van der Waals surface area contributed by atoms with Gasteiger partial charge in [0.25, 0.3) is 0 Å². The Morgan fingerprint density at radius 2 is 1.13 bits per heavy atom. The number of amides is 4. The summed E-state index contributed by atoms with van der Waals surface area (Å²) in [4.78, 5) is 37.3. The van der Waals surface area contributed by atoms with Gasteiger partial charge in [0.05, 0.1) is 66.5 Å². The predicted molar refractivity (Wildman–Crippen MR) is 246 cm³/mol. The van der Waals surface area contributed by atoms with Crippen LogP contribution in [0.25, 0.3) is 21.8 Å². The number of fused-ring (bicyclic) bond motifs is 2. The van der Waals surface area contributed by atoms with Crippen molar-refractivity contribution < 1.29 is 24.5 Å². The number of hydrogen-bond acceptors (Lipinski definition) is 9. The molecule has 0 saturated carbocycles. The van der Waals surface area contributed by atoms with Gasteiger partial charge in [0.15, 0.2) is 0 Å². The molecular weight excluding hydrogens is 843 g/mol. The number of likely N-dealkylation sites (tertiary alicyclic amines) is 2. The fourth-order valence-corrected chi connectivity index (χ4v) is 9.42. The number of carbonyl (C=O) groups is 2. The normalized spacial score (nSPS) is 16.3. The highest BCUT2D eigenvalue weighted by atomic mass is 35.5. The van der Waals surface area contributed by atoms with Crippen molar-refractivity contribution in [2.45, 2.75) is 72.5 Å². The van der Waals surface area contributed by atoms with Gasteiger partial charge in [-0.2, -0.15) is 10.2 Å². The van der Waals surface area contributed by atoms with Crippen molar-refractivity contribution in [2.24, 2.45) is 22.7 Å². The van der Waals surface area contributed by atoms with Gasteiger partial charge in [-0.15, -0.1) is 0 Å². The lowest BCUT2D eigenvalue weighted by Gasteiger charge is -2.43. The molecule has 0 radical (unpaired) electrons. The molecule has 2 unspecified atom stereocenters. The number of ether oxygens (including phenoxy) is 1. The Hall–Kier alpha value is -5.48. The molecule has 0 bridgehead atoms. The molecule has 0 spiro atoms. The minimum atomic E-state index is -0.722. The third kappa shape index (κ3) is 10.2. The number of aliphatic hydroxyl groups is 2. The second-order valence-electron chi connectivity index (χ2n) is 17.8. The standard InChI is InChI=1S/C23H28ClN5O3.C23H28ClN5O2/c1-23(2,21(30)18-11-16(24)10-14-12-26-28-20(14)18)15-6-8-29(9-7-15)22(31)27-17-4-5-19(32-3)25-13-17;1-14-4-5-18(13-25-14)27-22(31)29-8-6-16(7-9-29)23(2,3)21(30)19-11-17(24)10-15-12-26-28-20(15)19/h4-5,10-13,15,21,30H,6-9H2,1-3H3,(H,26,28)(H,27,31);4-5,10-13,16,21,30H,6-9H2,1-3H3,(H,26,28)(H,27,31). The average Bonchev–Trinajstić information content (AvgIpc) is 3.96. The summed E-state index contributed by atoms with van der Waals surface area (Å²) in [5, 5.41) is 45.5. The summed E-state index contributed by atoms with van der Waals surface area (Å²) in [7, 11) is 1.55. The first-order valence-electron chi connectivity index (χ1n) is 21.2. The Bertz CT molecular complexity index is 2510. The molecule has 4 amide bonds. The number of benzene rings is 2. The first-order chi connectivity index (χ1) is 30.0. The Morgan fingerprint density at radius 3 is 1.51 bits per heavy atom. The minimum absolute atomic E-state index is 0.114. The van der Waals surface area contributed by atoms with Crippen LogP contribution in [0.5, 0.6) is 5.88 Å². The van der Waals surface area contributed by atoms with Crippen molar-refractivity contribution >= 4 is 68.4 Å². The SMILES string of the molecule is COc1ccc(NC(=O)N2CCC(C(C)(C)C(O)c3cc(Cl)cc4cn[nH]c34)CC2)cn1.Cc1ccc(NC(=O)N2CCC(C(C)(C)C(O)c3cc(Cl)cc4cn[nH]c34)CC2)cn1. The molecule has 15 nitrogen and oxygen atoms in total. The van der Waals surface area contributed by atoms with Crippen LogP contribution in [0.15, 0.2) is 73.3 Å². The number of nitrogens with zero attached hydrogens (tertiary/aromatic N) is 6. The third-order valence-electron chi connectivity index (χ3n) is 13.1. The van der Waals surface area contributed by atoms with Crippen LogP contribution in [0.2, 0.25) is 10.0 Å². The number of aliphatic hydroxyl groups excluding tert-OH is 2. The molecule has 6 aromatic rings. The molecule has 2 fully saturated rings. The zero-order valence-corrected chi connectivity index (χ0v) is 38.0. The van der Waals surface area contributed by atoms with Crippen LogP contribution >= 0.6 is 23.2 Å². The van der Waals surface area contributed by atoms with Crippen LogP contribution < -0.4 is 15.4 Å². The number of H-pyrrole nitrogens is 2. The molecule has 334 valence electrons. The highest BCUT2D eigenvalue weighted by Crippen LogP contribution is 2.48. The van der Waals surface area contributed by atoms with Crippen molar-refractivity contribution in [1.82, 2.24) is 40.2 Å². The molecule has 2 saturated heterocycles. The van der Waals surface area contributed by atoms with E-state index < -0.39 is 23.0 Å². The number of anilines is 2. The minimum Gasteiger partial charge on any atom is -0.481 e. The number of piperidine rings is 2. The number of carbonyl (C=O) groups excluding carboxylic acids is 2. The molecule has 8 rings (SSSR count). The number of pyridine rings is 2. The summed E-state index contributed by atoms with van der Waals surface area (Å²) < 4.78 is 5.04. The van der Waals surface area contributed by atoms with Gasteiger partial charge in [-0.05, 0) is 97.7 Å². The maximum Gasteiger partial charge on any atom is 0.321 e. The highest BCUT2D eigenvalue weighted by molar-refractivity contribution is 6.31. The molecule has 0 aliphatic carbocycles. The van der Waals surface area contributed by atoms with Crippen molar-refractivity contribution in [1.29, 1.82) is 0 Å². The molecule has 6 N–H and O–H groups in total. The van der Waals surface area contributed by atoms with Crippen molar-refractivity contribution in [2.75, 3.05) is 43.9 Å². The predicted octanol–water partition coefficient (Wildman–Crippen LogP) is 9.55. The maximum absolute atomic E-state index is 12.7. The van der Waals surface area contributed by atoms with Gasteiger partial charge >= 0.3 is 12.1 Å². The zero-order chi connectivity index (χ0) is 45.1. The number of aryl methyl sites for hydroxylation is 1. The third-order valence-corrected chi connectivity index (χ3v) is 13.6. The lowest BCUT2D eigenvalue weighted by molar-refractivity contribution is -0.0139. The summed E-state index contributed by atoms with van der Waals surface area (Å²) in [6.07, 6.45) is 8.45. The molecule has 2 aliphatic rings. The van der Waals surface area contributed by atoms with E-state index in [1.54, 1.807) is 55.0 Å². The van der Waals surface area contributed by atoms with E-state index in [1.807, 2.05) is 42.2 Å². The number of urea groups is 2. The van der Waals surface area contributed by atoms with Gasteiger partial charge in [0, 0.05) is 69.9 Å². The Balaban J connectivity index is 0.000000189. The topological polar surface area (TPSA) is 198 Å².